The number of ether oxygens (including phenoxy) is 1. The molecule has 1 N–H and O–H groups in total. The molecule has 0 atom stereocenters. The van der Waals surface area contributed by atoms with Gasteiger partial charge in [-0.1, -0.05) is 6.07 Å². The number of aromatic nitrogens is 2. The quantitative estimate of drug-likeness (QED) is 0.678. The van der Waals surface area contributed by atoms with E-state index in [1.54, 1.807) is 0 Å². The minimum Gasteiger partial charge on any atom is -0.476 e. The molecule has 0 aliphatic rings. The first-order chi connectivity index (χ1) is 13.4. The van der Waals surface area contributed by atoms with Crippen molar-refractivity contribution in [1.29, 1.82) is 0 Å². The Balaban J connectivity index is 2.32. The van der Waals surface area contributed by atoms with Gasteiger partial charge in [0.25, 0.3) is 0 Å². The molecule has 0 unspecified atom stereocenters. The van der Waals surface area contributed by atoms with E-state index in [0.717, 1.165) is 41.3 Å². The van der Waals surface area contributed by atoms with E-state index in [9.17, 15) is 36.3 Å². The number of nitrogens with zero attached hydrogens (tertiary/aromatic N) is 2. The topological polar surface area (TPSA) is 116 Å². The molecule has 3 rings (SSSR count). The predicted molar refractivity (Wildman–Crippen MR) is 94.1 cm³/mol. The number of rotatable bonds is 4. The monoisotopic (exact) mass is 428 g/mol. The molecule has 0 spiro atoms. The zero-order chi connectivity index (χ0) is 21.6. The number of carboxylic acids is 1. The lowest BCUT2D eigenvalue weighted by atomic mass is 10.2. The first kappa shape index (κ1) is 20.3. The fourth-order valence-electron chi connectivity index (χ4n) is 2.68. The van der Waals surface area contributed by atoms with Gasteiger partial charge in [-0.2, -0.15) is 5.10 Å². The minimum atomic E-state index is -4.90. The van der Waals surface area contributed by atoms with Crippen LogP contribution in [0, 0.1) is 0 Å². The van der Waals surface area contributed by atoms with E-state index in [2.05, 4.69) is 9.84 Å². The summed E-state index contributed by atoms with van der Waals surface area (Å²) in [6.45, 7) is 0. The van der Waals surface area contributed by atoms with Gasteiger partial charge in [-0.05, 0) is 36.4 Å². The summed E-state index contributed by atoms with van der Waals surface area (Å²) in [5, 5.41) is 12.6. The highest BCUT2D eigenvalue weighted by Crippen LogP contribution is 2.26. The summed E-state index contributed by atoms with van der Waals surface area (Å²) in [7, 11) is -3.90. The Hall–Kier alpha value is -3.41. The van der Waals surface area contributed by atoms with Gasteiger partial charge >= 0.3 is 12.3 Å². The molecule has 0 saturated heterocycles. The van der Waals surface area contributed by atoms with E-state index in [1.165, 1.54) is 12.1 Å². The summed E-state index contributed by atoms with van der Waals surface area (Å²) >= 11 is 0. The van der Waals surface area contributed by atoms with Crippen molar-refractivity contribution in [2.75, 3.05) is 6.26 Å². The van der Waals surface area contributed by atoms with Crippen LogP contribution in [0.25, 0.3) is 16.6 Å². The first-order valence-corrected chi connectivity index (χ1v) is 9.63. The molecule has 1 aromatic heterocycles. The molecule has 0 bridgehead atoms. The van der Waals surface area contributed by atoms with Gasteiger partial charge in [0.2, 0.25) is 11.1 Å². The van der Waals surface area contributed by atoms with E-state index in [1.807, 2.05) is 0 Å². The fraction of sp³-hybridized carbons (Fsp3) is 0.118. The number of carboxylic acid groups (broad SMARTS) is 1. The van der Waals surface area contributed by atoms with Gasteiger partial charge < -0.3 is 9.84 Å². The highest BCUT2D eigenvalue weighted by Gasteiger charge is 2.31. The Morgan fingerprint density at radius 2 is 1.76 bits per heavy atom. The molecule has 0 saturated carbocycles. The molecule has 152 valence electrons. The van der Waals surface area contributed by atoms with Crippen LogP contribution in [0.1, 0.15) is 10.5 Å². The van der Waals surface area contributed by atoms with Crippen LogP contribution in [0.4, 0.5) is 13.2 Å². The van der Waals surface area contributed by atoms with Crippen LogP contribution in [0.2, 0.25) is 0 Å². The number of benzene rings is 2. The summed E-state index contributed by atoms with van der Waals surface area (Å²) in [6.07, 6.45) is -4.04. The van der Waals surface area contributed by atoms with Crippen LogP contribution in [-0.2, 0) is 9.84 Å². The number of carbonyl (C=O) groups is 1. The van der Waals surface area contributed by atoms with Crippen LogP contribution < -0.4 is 10.2 Å². The molecule has 12 heteroatoms. The third-order valence-electron chi connectivity index (χ3n) is 3.79. The Labute approximate surface area is 160 Å². The zero-order valence-electron chi connectivity index (χ0n) is 14.5. The summed E-state index contributed by atoms with van der Waals surface area (Å²) in [5.74, 6) is -2.21. The van der Waals surface area contributed by atoms with Crippen LogP contribution >= 0.6 is 0 Å². The van der Waals surface area contributed by atoms with Crippen molar-refractivity contribution in [2.45, 2.75) is 11.3 Å². The van der Waals surface area contributed by atoms with Crippen molar-refractivity contribution in [3.63, 3.8) is 0 Å². The van der Waals surface area contributed by atoms with Gasteiger partial charge in [-0.3, -0.25) is 4.79 Å². The van der Waals surface area contributed by atoms with Crippen LogP contribution in [0.3, 0.4) is 0 Å². The number of halogens is 3. The maximum atomic E-state index is 12.6. The van der Waals surface area contributed by atoms with Gasteiger partial charge in [0.15, 0.2) is 9.84 Å². The normalized spacial score (nSPS) is 12.1. The molecular weight excluding hydrogens is 417 g/mol. The number of alkyl halides is 3. The highest BCUT2D eigenvalue weighted by atomic mass is 32.2. The summed E-state index contributed by atoms with van der Waals surface area (Å²) in [6, 6.07) is 8.05. The van der Waals surface area contributed by atoms with Crippen molar-refractivity contribution in [1.82, 2.24) is 9.78 Å². The summed E-state index contributed by atoms with van der Waals surface area (Å²) in [5.41, 5.74) is -1.99. The molecule has 3 aromatic rings. The summed E-state index contributed by atoms with van der Waals surface area (Å²) < 4.78 is 65.8. The van der Waals surface area contributed by atoms with Gasteiger partial charge in [0, 0.05) is 6.26 Å². The van der Waals surface area contributed by atoms with Crippen LogP contribution in [0.5, 0.6) is 5.75 Å². The number of hydrogen-bond acceptors (Lipinski definition) is 6. The van der Waals surface area contributed by atoms with Crippen molar-refractivity contribution in [3.05, 3.63) is 58.4 Å². The SMILES string of the molecule is CS(=O)(=O)c1cccc2c1c(=O)c(C(=O)O)nn2-c1ccc(OC(F)(F)F)cc1. The fourth-order valence-corrected chi connectivity index (χ4v) is 3.57. The lowest BCUT2D eigenvalue weighted by Crippen LogP contribution is -2.24. The summed E-state index contributed by atoms with van der Waals surface area (Å²) in [4.78, 5) is 23.6. The van der Waals surface area contributed by atoms with Crippen molar-refractivity contribution in [2.24, 2.45) is 0 Å². The van der Waals surface area contributed by atoms with Crippen molar-refractivity contribution < 1.29 is 36.2 Å². The van der Waals surface area contributed by atoms with Crippen LogP contribution in [-0.4, -0.2) is 41.9 Å². The molecule has 8 nitrogen and oxygen atoms in total. The standard InChI is InChI=1S/C17H11F3N2O6S/c1-29(26,27)12-4-2-3-11-13(12)15(23)14(16(24)25)21-22(11)9-5-7-10(8-6-9)28-17(18,19)20/h2-8H,1H3,(H,24,25). The van der Waals surface area contributed by atoms with E-state index in [-0.39, 0.29) is 11.2 Å². The number of fused-ring (bicyclic) bond motifs is 1. The number of sulfone groups is 1. The van der Waals surface area contributed by atoms with Gasteiger partial charge in [-0.25, -0.2) is 17.9 Å². The molecule has 0 aliphatic carbocycles. The molecule has 0 radical (unpaired) electrons. The van der Waals surface area contributed by atoms with Gasteiger partial charge in [0.1, 0.15) is 5.75 Å². The Bertz CT molecular complexity index is 1280. The maximum absolute atomic E-state index is 12.6. The molecule has 0 fully saturated rings. The Morgan fingerprint density at radius 3 is 2.28 bits per heavy atom. The molecule has 29 heavy (non-hydrogen) atoms. The molecule has 0 amide bonds. The largest absolute Gasteiger partial charge is 0.573 e. The second kappa shape index (κ2) is 6.88. The van der Waals surface area contributed by atoms with E-state index >= 15 is 0 Å². The lowest BCUT2D eigenvalue weighted by Gasteiger charge is -2.14. The smallest absolute Gasteiger partial charge is 0.476 e. The Kier molecular flexibility index (Phi) is 4.82. The number of aromatic carboxylic acids is 1. The van der Waals surface area contributed by atoms with Gasteiger partial charge in [-0.15, -0.1) is 13.2 Å². The van der Waals surface area contributed by atoms with E-state index < -0.39 is 49.3 Å². The zero-order valence-corrected chi connectivity index (χ0v) is 15.3. The molecule has 2 aromatic carbocycles. The van der Waals surface area contributed by atoms with E-state index in [4.69, 9.17) is 0 Å². The number of hydrogen-bond donors (Lipinski definition) is 1. The third-order valence-corrected chi connectivity index (χ3v) is 4.93. The van der Waals surface area contributed by atoms with Crippen LogP contribution in [0.15, 0.2) is 52.2 Å². The second-order valence-corrected chi connectivity index (χ2v) is 7.84. The maximum Gasteiger partial charge on any atom is 0.573 e. The average molecular weight is 428 g/mol. The minimum absolute atomic E-state index is 0.0348. The second-order valence-electron chi connectivity index (χ2n) is 5.86. The first-order valence-electron chi connectivity index (χ1n) is 7.74. The van der Waals surface area contributed by atoms with E-state index in [0.29, 0.717) is 0 Å². The predicted octanol–water partition coefficient (Wildman–Crippen LogP) is 2.39. The third kappa shape index (κ3) is 4.06. The highest BCUT2D eigenvalue weighted by molar-refractivity contribution is 7.91. The molecule has 1 heterocycles. The van der Waals surface area contributed by atoms with Gasteiger partial charge in [0.05, 0.1) is 21.5 Å². The van der Waals surface area contributed by atoms with Crippen molar-refractivity contribution in [3.8, 4) is 11.4 Å². The van der Waals surface area contributed by atoms with Crippen molar-refractivity contribution >= 4 is 26.7 Å². The lowest BCUT2D eigenvalue weighted by molar-refractivity contribution is -0.274. The molecular formula is C17H11F3N2O6S. The average Bonchev–Trinajstić information content (AvgIpc) is 2.60. The Morgan fingerprint density at radius 1 is 1.14 bits per heavy atom. The molecule has 0 aliphatic heterocycles.